The van der Waals surface area contributed by atoms with E-state index in [2.05, 4.69) is 4.72 Å². The third kappa shape index (κ3) is 3.46. The highest BCUT2D eigenvalue weighted by atomic mass is 32.2. The fraction of sp³-hybridized carbons (Fsp3) is 0.538. The molecule has 0 aromatic heterocycles. The van der Waals surface area contributed by atoms with Crippen LogP contribution in [0.4, 0.5) is 5.69 Å². The zero-order valence-corrected chi connectivity index (χ0v) is 12.8. The molecule has 0 heterocycles. The summed E-state index contributed by atoms with van der Waals surface area (Å²) < 4.78 is 27.4. The van der Waals surface area contributed by atoms with Crippen LogP contribution in [-0.4, -0.2) is 25.2 Å². The quantitative estimate of drug-likeness (QED) is 0.728. The minimum atomic E-state index is -3.71. The number of nitrogens with one attached hydrogen (secondary N) is 1. The summed E-state index contributed by atoms with van der Waals surface area (Å²) in [4.78, 5) is 0.218. The zero-order valence-electron chi connectivity index (χ0n) is 12.0. The Hall–Kier alpha value is -1.11. The third-order valence-corrected chi connectivity index (χ3v) is 5.17. The number of aryl methyl sites for hydroxylation is 2. The van der Waals surface area contributed by atoms with Gasteiger partial charge < -0.3 is 10.8 Å². The highest BCUT2D eigenvalue weighted by Gasteiger charge is 2.32. The monoisotopic (exact) mass is 286 g/mol. The van der Waals surface area contributed by atoms with Gasteiger partial charge in [0, 0.05) is 5.69 Å². The average Bonchev–Trinajstić information content (AvgIpc) is 2.12. The smallest absolute Gasteiger partial charge is 0.241 e. The first-order chi connectivity index (χ1) is 8.47. The second-order valence-electron chi connectivity index (χ2n) is 5.49. The van der Waals surface area contributed by atoms with Gasteiger partial charge in [0.25, 0.3) is 0 Å². The van der Waals surface area contributed by atoms with E-state index >= 15 is 0 Å². The fourth-order valence-electron chi connectivity index (χ4n) is 1.89. The molecule has 0 aliphatic rings. The summed E-state index contributed by atoms with van der Waals surface area (Å²) in [6.07, 6.45) is -0.809. The Kier molecular flexibility index (Phi) is 4.29. The molecule has 0 saturated heterocycles. The molecule has 0 bridgehead atoms. The Labute approximate surface area is 114 Å². The van der Waals surface area contributed by atoms with Gasteiger partial charge >= 0.3 is 0 Å². The average molecular weight is 286 g/mol. The molecule has 1 aromatic rings. The second-order valence-corrected chi connectivity index (χ2v) is 7.11. The lowest BCUT2D eigenvalue weighted by Crippen LogP contribution is -2.51. The van der Waals surface area contributed by atoms with Crippen molar-refractivity contribution >= 4 is 15.7 Å². The van der Waals surface area contributed by atoms with Gasteiger partial charge in [-0.05, 0) is 57.9 Å². The predicted octanol–water partition coefficient (Wildman–Crippen LogP) is 1.32. The Morgan fingerprint density at radius 1 is 1.26 bits per heavy atom. The molecule has 0 aliphatic carbocycles. The van der Waals surface area contributed by atoms with E-state index in [4.69, 9.17) is 5.73 Å². The van der Waals surface area contributed by atoms with E-state index < -0.39 is 21.7 Å². The molecule has 0 amide bonds. The molecule has 4 N–H and O–H groups in total. The molecule has 1 rings (SSSR count). The van der Waals surface area contributed by atoms with Gasteiger partial charge in [0.05, 0.1) is 16.5 Å². The van der Waals surface area contributed by atoms with E-state index in [1.807, 2.05) is 0 Å². The molecule has 6 heteroatoms. The van der Waals surface area contributed by atoms with Crippen molar-refractivity contribution in [3.8, 4) is 0 Å². The van der Waals surface area contributed by atoms with Gasteiger partial charge in [-0.1, -0.05) is 0 Å². The van der Waals surface area contributed by atoms with Gasteiger partial charge in [0.15, 0.2) is 0 Å². The van der Waals surface area contributed by atoms with E-state index in [1.54, 1.807) is 46.8 Å². The van der Waals surface area contributed by atoms with Crippen LogP contribution >= 0.6 is 0 Å². The van der Waals surface area contributed by atoms with Crippen molar-refractivity contribution in [1.82, 2.24) is 4.72 Å². The molecular formula is C13H22N2O3S. The first-order valence-electron chi connectivity index (χ1n) is 6.06. The van der Waals surface area contributed by atoms with Crippen molar-refractivity contribution in [2.75, 3.05) is 5.73 Å². The molecular weight excluding hydrogens is 264 g/mol. The molecule has 0 saturated carbocycles. The Bertz CT molecular complexity index is 555. The first kappa shape index (κ1) is 15.9. The molecule has 0 spiro atoms. The molecule has 5 nitrogen and oxygen atoms in total. The maximum atomic E-state index is 12.4. The molecule has 0 aliphatic heterocycles. The van der Waals surface area contributed by atoms with Gasteiger partial charge in [-0.25, -0.2) is 13.1 Å². The highest BCUT2D eigenvalue weighted by molar-refractivity contribution is 7.89. The molecule has 19 heavy (non-hydrogen) atoms. The van der Waals surface area contributed by atoms with E-state index in [0.717, 1.165) is 0 Å². The molecule has 0 radical (unpaired) electrons. The van der Waals surface area contributed by atoms with E-state index in [-0.39, 0.29) is 4.90 Å². The number of nitrogens with two attached hydrogens (primary N) is 1. The van der Waals surface area contributed by atoms with Gasteiger partial charge in [0.1, 0.15) is 0 Å². The Morgan fingerprint density at radius 2 is 1.68 bits per heavy atom. The summed E-state index contributed by atoms with van der Waals surface area (Å²) in [5.41, 5.74) is 6.46. The van der Waals surface area contributed by atoms with E-state index in [9.17, 15) is 13.5 Å². The van der Waals surface area contributed by atoms with E-state index in [0.29, 0.717) is 16.8 Å². The van der Waals surface area contributed by atoms with Crippen LogP contribution in [0.3, 0.4) is 0 Å². The van der Waals surface area contributed by atoms with Crippen LogP contribution in [-0.2, 0) is 10.0 Å². The molecule has 0 fully saturated rings. The van der Waals surface area contributed by atoms with Crippen molar-refractivity contribution in [2.45, 2.75) is 51.2 Å². The first-order valence-corrected chi connectivity index (χ1v) is 7.54. The van der Waals surface area contributed by atoms with Crippen LogP contribution in [0.25, 0.3) is 0 Å². The van der Waals surface area contributed by atoms with Crippen LogP contribution in [0, 0.1) is 13.8 Å². The minimum absolute atomic E-state index is 0.218. The van der Waals surface area contributed by atoms with Crippen LogP contribution in [0.1, 0.15) is 31.9 Å². The zero-order chi connectivity index (χ0) is 15.0. The third-order valence-electron chi connectivity index (χ3n) is 3.19. The lowest BCUT2D eigenvalue weighted by atomic mass is 10.0. The number of nitrogen functional groups attached to an aromatic ring is 1. The number of aliphatic hydroxyl groups excluding tert-OH is 1. The summed E-state index contributed by atoms with van der Waals surface area (Å²) in [5, 5.41) is 9.63. The van der Waals surface area contributed by atoms with Gasteiger partial charge in [-0.2, -0.15) is 0 Å². The number of sulfonamides is 1. The Balaban J connectivity index is 3.30. The summed E-state index contributed by atoms with van der Waals surface area (Å²) >= 11 is 0. The maximum absolute atomic E-state index is 12.4. The summed E-state index contributed by atoms with van der Waals surface area (Å²) in [6.45, 7) is 8.22. The normalized spacial score (nSPS) is 14.4. The number of hydrogen-bond acceptors (Lipinski definition) is 4. The SMILES string of the molecule is Cc1cc(N)cc(C)c1S(=O)(=O)NC(C)(C)C(C)O. The number of aliphatic hydroxyl groups is 1. The Morgan fingerprint density at radius 3 is 2.05 bits per heavy atom. The van der Waals surface area contributed by atoms with Crippen molar-refractivity contribution in [1.29, 1.82) is 0 Å². The maximum Gasteiger partial charge on any atom is 0.241 e. The summed E-state index contributed by atoms with van der Waals surface area (Å²) in [6, 6.07) is 3.24. The number of hydrogen-bond donors (Lipinski definition) is 3. The minimum Gasteiger partial charge on any atom is -0.399 e. The number of rotatable bonds is 4. The number of anilines is 1. The lowest BCUT2D eigenvalue weighted by molar-refractivity contribution is 0.111. The van der Waals surface area contributed by atoms with Crippen LogP contribution < -0.4 is 10.5 Å². The van der Waals surface area contributed by atoms with Gasteiger partial charge in [-0.3, -0.25) is 0 Å². The lowest BCUT2D eigenvalue weighted by Gasteiger charge is -2.29. The number of benzene rings is 1. The second kappa shape index (κ2) is 5.11. The van der Waals surface area contributed by atoms with Gasteiger partial charge in [0.2, 0.25) is 10.0 Å². The largest absolute Gasteiger partial charge is 0.399 e. The highest BCUT2D eigenvalue weighted by Crippen LogP contribution is 2.24. The van der Waals surface area contributed by atoms with Crippen molar-refractivity contribution in [2.24, 2.45) is 0 Å². The molecule has 1 atom stereocenters. The van der Waals surface area contributed by atoms with E-state index in [1.165, 1.54) is 0 Å². The van der Waals surface area contributed by atoms with Crippen molar-refractivity contribution in [3.63, 3.8) is 0 Å². The van der Waals surface area contributed by atoms with Crippen LogP contribution in [0.5, 0.6) is 0 Å². The summed E-state index contributed by atoms with van der Waals surface area (Å²) in [5.74, 6) is 0. The standard InChI is InChI=1S/C13H22N2O3S/c1-8-6-11(14)7-9(2)12(8)19(17,18)15-13(4,5)10(3)16/h6-7,10,15-16H,14H2,1-5H3. The van der Waals surface area contributed by atoms with Gasteiger partial charge in [-0.15, -0.1) is 0 Å². The fourth-order valence-corrected chi connectivity index (χ4v) is 3.82. The molecule has 108 valence electrons. The van der Waals surface area contributed by atoms with Crippen LogP contribution in [0.2, 0.25) is 0 Å². The van der Waals surface area contributed by atoms with Crippen molar-refractivity contribution in [3.05, 3.63) is 23.3 Å². The van der Waals surface area contributed by atoms with Crippen LogP contribution in [0.15, 0.2) is 17.0 Å². The van der Waals surface area contributed by atoms with Crippen molar-refractivity contribution < 1.29 is 13.5 Å². The topological polar surface area (TPSA) is 92.4 Å². The molecule has 1 unspecified atom stereocenters. The summed E-state index contributed by atoms with van der Waals surface area (Å²) in [7, 11) is -3.71. The predicted molar refractivity (Wildman–Crippen MR) is 76.4 cm³/mol. The molecule has 1 aromatic carbocycles.